The van der Waals surface area contributed by atoms with Crippen LogP contribution in [0, 0.1) is 20.8 Å². The third-order valence-electron chi connectivity index (χ3n) is 5.72. The molecular formula is C19H26N4OS. The highest BCUT2D eigenvalue weighted by Crippen LogP contribution is 2.32. The maximum Gasteiger partial charge on any atom is 0.264 e. The maximum atomic E-state index is 13.1. The summed E-state index contributed by atoms with van der Waals surface area (Å²) in [6.07, 6.45) is 5.40. The van der Waals surface area contributed by atoms with Crippen LogP contribution in [0.3, 0.4) is 0 Å². The highest BCUT2D eigenvalue weighted by molar-refractivity contribution is 7.20. The summed E-state index contributed by atoms with van der Waals surface area (Å²) in [5.41, 5.74) is 2.02. The minimum Gasteiger partial charge on any atom is -0.335 e. The number of fused-ring (bicyclic) bond motifs is 1. The standard InChI is InChI=1S/C19H26N4OS/c1-12-16-13(2)20-14(3)21-18(16)25-17(12)19(24)23-10-8-22(9-11-23)15-6-4-5-7-15/h15H,4-11H2,1-3H3. The molecule has 4 rings (SSSR count). The van der Waals surface area contributed by atoms with Gasteiger partial charge in [-0.2, -0.15) is 0 Å². The van der Waals surface area contributed by atoms with E-state index in [1.54, 1.807) is 0 Å². The van der Waals surface area contributed by atoms with Crippen molar-refractivity contribution in [3.8, 4) is 0 Å². The Labute approximate surface area is 153 Å². The molecule has 0 spiro atoms. The van der Waals surface area contributed by atoms with Gasteiger partial charge in [0.25, 0.3) is 5.91 Å². The normalized spacial score (nSPS) is 19.9. The largest absolute Gasteiger partial charge is 0.335 e. The van der Waals surface area contributed by atoms with Crippen molar-refractivity contribution in [1.29, 1.82) is 0 Å². The van der Waals surface area contributed by atoms with Crippen LogP contribution in [0.1, 0.15) is 52.4 Å². The zero-order valence-electron chi connectivity index (χ0n) is 15.3. The first-order valence-corrected chi connectivity index (χ1v) is 10.1. The predicted molar refractivity (Wildman–Crippen MR) is 101 cm³/mol. The van der Waals surface area contributed by atoms with Crippen LogP contribution in [0.25, 0.3) is 10.2 Å². The minimum atomic E-state index is 0.170. The molecule has 2 aliphatic rings. The lowest BCUT2D eigenvalue weighted by Gasteiger charge is -2.38. The molecule has 1 aliphatic carbocycles. The van der Waals surface area contributed by atoms with Crippen LogP contribution < -0.4 is 0 Å². The van der Waals surface area contributed by atoms with Gasteiger partial charge < -0.3 is 4.90 Å². The molecule has 0 N–H and O–H groups in total. The van der Waals surface area contributed by atoms with Gasteiger partial charge in [0.05, 0.1) is 4.88 Å². The van der Waals surface area contributed by atoms with Gasteiger partial charge in [0, 0.05) is 43.3 Å². The Bertz CT molecular complexity index is 801. The number of amides is 1. The number of thiophene rings is 1. The number of rotatable bonds is 2. The molecule has 2 aromatic heterocycles. The van der Waals surface area contributed by atoms with Crippen molar-refractivity contribution in [3.05, 3.63) is 22.0 Å². The second-order valence-corrected chi connectivity index (χ2v) is 8.36. The fourth-order valence-electron chi connectivity index (χ4n) is 4.38. The quantitative estimate of drug-likeness (QED) is 0.826. The summed E-state index contributed by atoms with van der Waals surface area (Å²) >= 11 is 1.52. The van der Waals surface area contributed by atoms with Crippen LogP contribution in [0.4, 0.5) is 0 Å². The Balaban J connectivity index is 1.52. The van der Waals surface area contributed by atoms with Gasteiger partial charge in [-0.15, -0.1) is 11.3 Å². The van der Waals surface area contributed by atoms with Gasteiger partial charge in [-0.25, -0.2) is 9.97 Å². The summed E-state index contributed by atoms with van der Waals surface area (Å²) in [4.78, 5) is 28.5. The van der Waals surface area contributed by atoms with Crippen molar-refractivity contribution in [3.63, 3.8) is 0 Å². The Hall–Kier alpha value is -1.53. The van der Waals surface area contributed by atoms with Crippen molar-refractivity contribution in [2.24, 2.45) is 0 Å². The van der Waals surface area contributed by atoms with E-state index >= 15 is 0 Å². The third kappa shape index (κ3) is 3.06. The van der Waals surface area contributed by atoms with E-state index in [-0.39, 0.29) is 5.91 Å². The monoisotopic (exact) mass is 358 g/mol. The average Bonchev–Trinajstić information content (AvgIpc) is 3.23. The summed E-state index contributed by atoms with van der Waals surface area (Å²) in [6.45, 7) is 9.65. The second kappa shape index (κ2) is 6.65. The number of aryl methyl sites for hydroxylation is 3. The first-order valence-electron chi connectivity index (χ1n) is 9.32. The van der Waals surface area contributed by atoms with Crippen LogP contribution in [0.15, 0.2) is 0 Å². The van der Waals surface area contributed by atoms with Crippen LogP contribution in [-0.4, -0.2) is 57.9 Å². The van der Waals surface area contributed by atoms with E-state index in [1.807, 2.05) is 25.7 Å². The van der Waals surface area contributed by atoms with Crippen LogP contribution in [0.2, 0.25) is 0 Å². The molecule has 1 aliphatic heterocycles. The van der Waals surface area contributed by atoms with Gasteiger partial charge in [0.15, 0.2) is 0 Å². The lowest BCUT2D eigenvalue weighted by atomic mass is 10.1. The summed E-state index contributed by atoms with van der Waals surface area (Å²) in [5, 5.41) is 1.06. The number of carbonyl (C=O) groups excluding carboxylic acids is 1. The molecule has 0 unspecified atom stereocenters. The highest BCUT2D eigenvalue weighted by Gasteiger charge is 2.30. The van der Waals surface area contributed by atoms with Crippen molar-refractivity contribution in [2.75, 3.05) is 26.2 Å². The number of aromatic nitrogens is 2. The fraction of sp³-hybridized carbons (Fsp3) is 0.632. The van der Waals surface area contributed by atoms with E-state index in [4.69, 9.17) is 0 Å². The molecule has 0 radical (unpaired) electrons. The number of hydrogen-bond donors (Lipinski definition) is 0. The Morgan fingerprint density at radius 3 is 2.40 bits per heavy atom. The molecular weight excluding hydrogens is 332 g/mol. The van der Waals surface area contributed by atoms with E-state index in [1.165, 1.54) is 37.0 Å². The molecule has 2 aromatic rings. The third-order valence-corrected chi connectivity index (χ3v) is 6.89. The van der Waals surface area contributed by atoms with E-state index in [9.17, 15) is 4.79 Å². The van der Waals surface area contributed by atoms with Gasteiger partial charge in [-0.1, -0.05) is 12.8 Å². The molecule has 2 fully saturated rings. The zero-order chi connectivity index (χ0) is 17.6. The fourth-order valence-corrected chi connectivity index (χ4v) is 5.63. The molecule has 0 aromatic carbocycles. The first kappa shape index (κ1) is 16.9. The van der Waals surface area contributed by atoms with Gasteiger partial charge in [0.2, 0.25) is 0 Å². The summed E-state index contributed by atoms with van der Waals surface area (Å²) < 4.78 is 0. The second-order valence-electron chi connectivity index (χ2n) is 7.36. The van der Waals surface area contributed by atoms with Crippen molar-refractivity contribution in [2.45, 2.75) is 52.5 Å². The Kier molecular flexibility index (Phi) is 4.50. The molecule has 25 heavy (non-hydrogen) atoms. The Morgan fingerprint density at radius 1 is 1.04 bits per heavy atom. The molecule has 1 saturated heterocycles. The zero-order valence-corrected chi connectivity index (χ0v) is 16.2. The highest BCUT2D eigenvalue weighted by atomic mass is 32.1. The van der Waals surface area contributed by atoms with Gasteiger partial charge >= 0.3 is 0 Å². The van der Waals surface area contributed by atoms with E-state index < -0.39 is 0 Å². The summed E-state index contributed by atoms with van der Waals surface area (Å²) in [6, 6.07) is 0.754. The minimum absolute atomic E-state index is 0.170. The van der Waals surface area contributed by atoms with Crippen LogP contribution >= 0.6 is 11.3 Å². The van der Waals surface area contributed by atoms with Crippen molar-refractivity contribution < 1.29 is 4.79 Å². The van der Waals surface area contributed by atoms with E-state index in [0.29, 0.717) is 0 Å². The first-order chi connectivity index (χ1) is 12.0. The molecule has 5 nitrogen and oxygen atoms in total. The van der Waals surface area contributed by atoms with Gasteiger partial charge in [-0.05, 0) is 39.2 Å². The summed E-state index contributed by atoms with van der Waals surface area (Å²) in [7, 11) is 0. The smallest absolute Gasteiger partial charge is 0.264 e. The van der Waals surface area contributed by atoms with Crippen molar-refractivity contribution in [1.82, 2.24) is 19.8 Å². The van der Waals surface area contributed by atoms with Gasteiger partial charge in [0.1, 0.15) is 10.7 Å². The SMILES string of the molecule is Cc1nc(C)c2c(C)c(C(=O)N3CCN(C4CCCC4)CC3)sc2n1. The molecule has 1 saturated carbocycles. The predicted octanol–water partition coefficient (Wildman–Crippen LogP) is 3.32. The molecule has 134 valence electrons. The van der Waals surface area contributed by atoms with E-state index in [2.05, 4.69) is 14.9 Å². The average molecular weight is 359 g/mol. The Morgan fingerprint density at radius 2 is 1.72 bits per heavy atom. The van der Waals surface area contributed by atoms with Crippen LogP contribution in [0.5, 0.6) is 0 Å². The summed E-state index contributed by atoms with van der Waals surface area (Å²) in [5.74, 6) is 0.944. The molecule has 6 heteroatoms. The number of piperazine rings is 1. The maximum absolute atomic E-state index is 13.1. The molecule has 3 heterocycles. The lowest BCUT2D eigenvalue weighted by molar-refractivity contribution is 0.0577. The van der Waals surface area contributed by atoms with Crippen LogP contribution in [-0.2, 0) is 0 Å². The number of nitrogens with zero attached hydrogens (tertiary/aromatic N) is 4. The molecule has 0 atom stereocenters. The number of hydrogen-bond acceptors (Lipinski definition) is 5. The van der Waals surface area contributed by atoms with E-state index in [0.717, 1.165) is 64.4 Å². The van der Waals surface area contributed by atoms with Crippen molar-refractivity contribution >= 4 is 27.5 Å². The molecule has 1 amide bonds. The topological polar surface area (TPSA) is 49.3 Å². The van der Waals surface area contributed by atoms with Gasteiger partial charge in [-0.3, -0.25) is 9.69 Å². The lowest BCUT2D eigenvalue weighted by Crippen LogP contribution is -2.51. The molecule has 0 bridgehead atoms. The number of carbonyl (C=O) groups is 1.